The second-order valence-electron chi connectivity index (χ2n) is 6.48. The van der Waals surface area contributed by atoms with E-state index in [1.54, 1.807) is 0 Å². The Morgan fingerprint density at radius 3 is 2.42 bits per heavy atom. The molecule has 1 N–H and O–H groups in total. The fourth-order valence-electron chi connectivity index (χ4n) is 3.06. The molecule has 0 bridgehead atoms. The van der Waals surface area contributed by atoms with Gasteiger partial charge in [0.1, 0.15) is 5.54 Å². The van der Waals surface area contributed by atoms with Crippen LogP contribution >= 0.6 is 11.6 Å². The molecule has 2 rings (SSSR count). The molecule has 1 aliphatic rings. The van der Waals surface area contributed by atoms with Crippen LogP contribution in [0.2, 0.25) is 5.02 Å². The van der Waals surface area contributed by atoms with E-state index in [9.17, 15) is 5.26 Å². The van der Waals surface area contributed by atoms with Crippen molar-refractivity contribution in [3.63, 3.8) is 0 Å². The fourth-order valence-corrected chi connectivity index (χ4v) is 3.18. The predicted molar refractivity (Wildman–Crippen MR) is 80.2 cm³/mol. The smallest absolute Gasteiger partial charge is 0.128 e. The van der Waals surface area contributed by atoms with Crippen molar-refractivity contribution in [1.29, 1.82) is 5.26 Å². The topological polar surface area (TPSA) is 35.8 Å². The van der Waals surface area contributed by atoms with Crippen molar-refractivity contribution >= 4 is 17.3 Å². The van der Waals surface area contributed by atoms with Gasteiger partial charge < -0.3 is 5.32 Å². The number of nitrogens with zero attached hydrogens (tertiary/aromatic N) is 1. The summed E-state index contributed by atoms with van der Waals surface area (Å²) in [5.74, 6) is 0.330. The Hall–Kier alpha value is -1.20. The van der Waals surface area contributed by atoms with Gasteiger partial charge in [-0.05, 0) is 54.9 Å². The molecule has 0 spiro atoms. The molecule has 3 heteroatoms. The van der Waals surface area contributed by atoms with E-state index in [0.717, 1.165) is 30.0 Å². The van der Waals surface area contributed by atoms with Crippen molar-refractivity contribution in [3.8, 4) is 6.07 Å². The van der Waals surface area contributed by atoms with Crippen LogP contribution in [0, 0.1) is 22.7 Å². The quantitative estimate of drug-likeness (QED) is 0.837. The van der Waals surface area contributed by atoms with Crippen molar-refractivity contribution in [2.75, 3.05) is 5.32 Å². The average molecular weight is 277 g/mol. The summed E-state index contributed by atoms with van der Waals surface area (Å²) in [4.78, 5) is 0. The lowest BCUT2D eigenvalue weighted by molar-refractivity contribution is 0.146. The SMILES string of the molecule is CC1CC(C)(C)CCC1(C#N)Nc1ccc(Cl)cc1. The number of nitrogens with one attached hydrogen (secondary N) is 1. The third-order valence-corrected chi connectivity index (χ3v) is 4.56. The van der Waals surface area contributed by atoms with Crippen molar-refractivity contribution in [3.05, 3.63) is 29.3 Å². The van der Waals surface area contributed by atoms with Gasteiger partial charge in [0.15, 0.2) is 0 Å². The van der Waals surface area contributed by atoms with Gasteiger partial charge in [0.25, 0.3) is 0 Å². The number of nitriles is 1. The minimum Gasteiger partial charge on any atom is -0.367 e. The predicted octanol–water partition coefficient (Wildman–Crippen LogP) is 4.86. The van der Waals surface area contributed by atoms with E-state index < -0.39 is 5.54 Å². The van der Waals surface area contributed by atoms with Crippen LogP contribution < -0.4 is 5.32 Å². The normalized spacial score (nSPS) is 29.5. The summed E-state index contributed by atoms with van der Waals surface area (Å²) < 4.78 is 0. The fraction of sp³-hybridized carbons (Fsp3) is 0.562. The summed E-state index contributed by atoms with van der Waals surface area (Å²) in [6, 6.07) is 10.1. The molecule has 0 heterocycles. The number of halogens is 1. The zero-order valence-electron chi connectivity index (χ0n) is 11.8. The highest BCUT2D eigenvalue weighted by Gasteiger charge is 2.44. The van der Waals surface area contributed by atoms with Crippen LogP contribution in [0.5, 0.6) is 0 Å². The minimum absolute atomic E-state index is 0.330. The van der Waals surface area contributed by atoms with Crippen LogP contribution in [-0.4, -0.2) is 5.54 Å². The van der Waals surface area contributed by atoms with Gasteiger partial charge >= 0.3 is 0 Å². The molecule has 0 radical (unpaired) electrons. The monoisotopic (exact) mass is 276 g/mol. The Morgan fingerprint density at radius 1 is 1.26 bits per heavy atom. The van der Waals surface area contributed by atoms with Crippen molar-refractivity contribution in [2.45, 2.75) is 45.6 Å². The molecule has 1 aromatic carbocycles. The van der Waals surface area contributed by atoms with Crippen LogP contribution in [0.15, 0.2) is 24.3 Å². The van der Waals surface area contributed by atoms with Gasteiger partial charge in [-0.25, -0.2) is 0 Å². The maximum Gasteiger partial charge on any atom is 0.128 e. The second-order valence-corrected chi connectivity index (χ2v) is 6.92. The van der Waals surface area contributed by atoms with Gasteiger partial charge in [0, 0.05) is 10.7 Å². The van der Waals surface area contributed by atoms with E-state index in [2.05, 4.69) is 32.2 Å². The molecule has 1 fully saturated rings. The first-order chi connectivity index (χ1) is 8.87. The summed E-state index contributed by atoms with van der Waals surface area (Å²) in [7, 11) is 0. The molecule has 0 aromatic heterocycles. The lowest BCUT2D eigenvalue weighted by Crippen LogP contribution is -2.48. The van der Waals surface area contributed by atoms with E-state index >= 15 is 0 Å². The number of anilines is 1. The highest BCUT2D eigenvalue weighted by molar-refractivity contribution is 6.30. The molecule has 19 heavy (non-hydrogen) atoms. The van der Waals surface area contributed by atoms with Crippen molar-refractivity contribution in [2.24, 2.45) is 11.3 Å². The van der Waals surface area contributed by atoms with Crippen molar-refractivity contribution < 1.29 is 0 Å². The number of hydrogen-bond acceptors (Lipinski definition) is 2. The summed E-state index contributed by atoms with van der Waals surface area (Å²) in [6.07, 6.45) is 3.03. The molecule has 0 amide bonds. The Balaban J connectivity index is 2.20. The zero-order valence-corrected chi connectivity index (χ0v) is 12.6. The molecule has 1 aromatic rings. The van der Waals surface area contributed by atoms with E-state index in [1.165, 1.54) is 0 Å². The van der Waals surface area contributed by atoms with Crippen molar-refractivity contribution in [1.82, 2.24) is 0 Å². The Kier molecular flexibility index (Phi) is 3.78. The van der Waals surface area contributed by atoms with Crippen LogP contribution in [-0.2, 0) is 0 Å². The van der Waals surface area contributed by atoms with E-state index in [-0.39, 0.29) is 0 Å². The molecule has 0 saturated heterocycles. The third-order valence-electron chi connectivity index (χ3n) is 4.31. The lowest BCUT2D eigenvalue weighted by atomic mass is 9.64. The molecule has 2 unspecified atom stereocenters. The highest BCUT2D eigenvalue weighted by atomic mass is 35.5. The summed E-state index contributed by atoms with van der Waals surface area (Å²) in [5.41, 5.74) is 0.850. The first kappa shape index (κ1) is 14.2. The van der Waals surface area contributed by atoms with Gasteiger partial charge in [-0.15, -0.1) is 0 Å². The molecule has 1 aliphatic carbocycles. The van der Waals surface area contributed by atoms with Gasteiger partial charge in [-0.1, -0.05) is 32.4 Å². The van der Waals surface area contributed by atoms with Gasteiger partial charge in [0.05, 0.1) is 6.07 Å². The first-order valence-corrected chi connectivity index (χ1v) is 7.20. The zero-order chi connectivity index (χ0) is 14.1. The molecule has 2 nitrogen and oxygen atoms in total. The average Bonchev–Trinajstić information content (AvgIpc) is 2.35. The first-order valence-electron chi connectivity index (χ1n) is 6.82. The van der Waals surface area contributed by atoms with Crippen LogP contribution in [0.4, 0.5) is 5.69 Å². The Morgan fingerprint density at radius 2 is 1.89 bits per heavy atom. The maximum absolute atomic E-state index is 9.66. The molecular formula is C16H21ClN2. The summed E-state index contributed by atoms with van der Waals surface area (Å²) in [5, 5.41) is 13.8. The molecule has 2 atom stereocenters. The third kappa shape index (κ3) is 3.04. The van der Waals surface area contributed by atoms with E-state index in [4.69, 9.17) is 11.6 Å². The lowest BCUT2D eigenvalue weighted by Gasteiger charge is -2.45. The standard InChI is InChI=1S/C16H21ClN2/c1-12-10-15(2,3)8-9-16(12,11-18)19-14-6-4-13(17)5-7-14/h4-7,12,19H,8-10H2,1-3H3. The molecule has 0 aliphatic heterocycles. The van der Waals surface area contributed by atoms with Crippen LogP contribution in [0.3, 0.4) is 0 Å². The van der Waals surface area contributed by atoms with Gasteiger partial charge in [-0.3, -0.25) is 0 Å². The van der Waals surface area contributed by atoms with Gasteiger partial charge in [0.2, 0.25) is 0 Å². The number of rotatable bonds is 2. The molecule has 102 valence electrons. The maximum atomic E-state index is 9.66. The largest absolute Gasteiger partial charge is 0.367 e. The van der Waals surface area contributed by atoms with Gasteiger partial charge in [-0.2, -0.15) is 5.26 Å². The Labute approximate surface area is 120 Å². The summed E-state index contributed by atoms with van der Waals surface area (Å²) >= 11 is 5.90. The second kappa shape index (κ2) is 5.06. The highest BCUT2D eigenvalue weighted by Crippen LogP contribution is 2.45. The van der Waals surface area contributed by atoms with Crippen LogP contribution in [0.25, 0.3) is 0 Å². The number of benzene rings is 1. The molecule has 1 saturated carbocycles. The minimum atomic E-state index is -0.455. The van der Waals surface area contributed by atoms with E-state index in [0.29, 0.717) is 11.3 Å². The van der Waals surface area contributed by atoms with Crippen LogP contribution in [0.1, 0.15) is 40.0 Å². The summed E-state index contributed by atoms with van der Waals surface area (Å²) in [6.45, 7) is 6.74. The number of hydrogen-bond donors (Lipinski definition) is 1. The van der Waals surface area contributed by atoms with E-state index in [1.807, 2.05) is 24.3 Å². The molecular weight excluding hydrogens is 256 g/mol. The Bertz CT molecular complexity index is 486.